The van der Waals surface area contributed by atoms with E-state index in [9.17, 15) is 18.2 Å². The number of anilines is 3. The average Bonchev–Trinajstić information content (AvgIpc) is 3.73. The third kappa shape index (κ3) is 6.78. The summed E-state index contributed by atoms with van der Waals surface area (Å²) in [4.78, 5) is 26.5. The van der Waals surface area contributed by atoms with E-state index in [1.54, 1.807) is 57.3 Å². The van der Waals surface area contributed by atoms with Gasteiger partial charge >= 0.3 is 0 Å². The van der Waals surface area contributed by atoms with Gasteiger partial charge < -0.3 is 15.4 Å². The van der Waals surface area contributed by atoms with Crippen molar-refractivity contribution in [3.63, 3.8) is 0 Å². The van der Waals surface area contributed by atoms with Gasteiger partial charge in [-0.3, -0.25) is 18.9 Å². The van der Waals surface area contributed by atoms with Crippen molar-refractivity contribution in [1.82, 2.24) is 14.6 Å². The number of amides is 1. The first kappa shape index (κ1) is 28.9. The van der Waals surface area contributed by atoms with Crippen molar-refractivity contribution in [3.05, 3.63) is 75.3 Å². The van der Waals surface area contributed by atoms with Crippen LogP contribution in [0.5, 0.6) is 11.5 Å². The second-order valence-electron chi connectivity index (χ2n) is 8.60. The fourth-order valence-corrected chi connectivity index (χ4v) is 4.05. The van der Waals surface area contributed by atoms with E-state index in [1.165, 1.54) is 17.7 Å². The van der Waals surface area contributed by atoms with E-state index < -0.39 is 28.5 Å². The van der Waals surface area contributed by atoms with Gasteiger partial charge in [-0.2, -0.15) is 0 Å². The fourth-order valence-electron chi connectivity index (χ4n) is 3.60. The maximum Gasteiger partial charge on any atom is 0.259 e. The second-order valence-corrected chi connectivity index (χ2v) is 9.75. The minimum atomic E-state index is -1.44. The lowest BCUT2D eigenvalue weighted by molar-refractivity contribution is 0.0948. The van der Waals surface area contributed by atoms with E-state index in [4.69, 9.17) is 4.74 Å². The van der Waals surface area contributed by atoms with Gasteiger partial charge in [0.25, 0.3) is 11.5 Å². The molecule has 0 spiro atoms. The summed E-state index contributed by atoms with van der Waals surface area (Å²) < 4.78 is 39.0. The Balaban J connectivity index is 0.00000195. The van der Waals surface area contributed by atoms with Crippen LogP contribution in [0.1, 0.15) is 48.2 Å². The van der Waals surface area contributed by atoms with Crippen LogP contribution >= 0.6 is 0 Å². The summed E-state index contributed by atoms with van der Waals surface area (Å²) in [5.74, 6) is -0.389. The third-order valence-corrected chi connectivity index (χ3v) is 6.54. The molecule has 4 rings (SSSR count). The van der Waals surface area contributed by atoms with Crippen LogP contribution in [0.4, 0.5) is 21.6 Å². The van der Waals surface area contributed by atoms with E-state index >= 15 is 0 Å². The van der Waals surface area contributed by atoms with Crippen molar-refractivity contribution >= 4 is 34.3 Å². The molecular weight excluding hydrogens is 509 g/mol. The molecule has 1 heterocycles. The zero-order chi connectivity index (χ0) is 28.0. The maximum absolute atomic E-state index is 14.7. The van der Waals surface area contributed by atoms with E-state index in [-0.39, 0.29) is 34.4 Å². The largest absolute Gasteiger partial charge is 0.456 e. The number of hydrogen-bond acceptors (Lipinski definition) is 5. The number of hydrogen-bond donors (Lipinski definition) is 4. The van der Waals surface area contributed by atoms with Gasteiger partial charge in [-0.15, -0.1) is 0 Å². The van der Waals surface area contributed by atoms with E-state index in [2.05, 4.69) is 20.1 Å². The molecule has 38 heavy (non-hydrogen) atoms. The molecule has 1 atom stereocenters. The lowest BCUT2D eigenvalue weighted by atomic mass is 10.1. The van der Waals surface area contributed by atoms with E-state index in [0.717, 1.165) is 18.4 Å². The molecule has 11 heteroatoms. The summed E-state index contributed by atoms with van der Waals surface area (Å²) in [6, 6.07) is 11.3. The molecular formula is C27H34FN5O4S. The van der Waals surface area contributed by atoms with Crippen LogP contribution in [0.2, 0.25) is 0 Å². The highest BCUT2D eigenvalue weighted by molar-refractivity contribution is 7.84. The molecule has 0 radical (unpaired) electrons. The summed E-state index contributed by atoms with van der Waals surface area (Å²) in [7, 11) is 3.07. The first-order chi connectivity index (χ1) is 18.2. The Bertz CT molecular complexity index is 1390. The van der Waals surface area contributed by atoms with Crippen molar-refractivity contribution in [2.45, 2.75) is 46.6 Å². The molecule has 1 saturated carbocycles. The SMILES string of the molecule is CC.CNS(=O)Nc1ccc(Oc2c(C(=O)NC3CC3)c(Nc3ccc(C)cc3F)n(C)c(=O)c2C)cc1. The van der Waals surface area contributed by atoms with Crippen molar-refractivity contribution in [3.8, 4) is 11.5 Å². The number of rotatable bonds is 9. The standard InChI is InChI=1S/C25H28FN5O4S.C2H6/c1-14-5-12-20(19(26)13-14)29-23-21(24(32)28-16-6-7-16)22(15(2)25(33)31(23)4)35-18-10-8-17(9-11-18)30-36(34)27-3;1-2/h5,8-13,16,27,29-30H,6-7H2,1-4H3,(H,28,32);1-2H3. The summed E-state index contributed by atoms with van der Waals surface area (Å²) in [6.07, 6.45) is 1.73. The fraction of sp³-hybridized carbons (Fsp3) is 0.333. The predicted octanol–water partition coefficient (Wildman–Crippen LogP) is 4.81. The zero-order valence-corrected chi connectivity index (χ0v) is 23.2. The number of aromatic nitrogens is 1. The summed E-state index contributed by atoms with van der Waals surface area (Å²) >= 11 is -1.44. The molecule has 204 valence electrons. The highest BCUT2D eigenvalue weighted by Crippen LogP contribution is 2.35. The average molecular weight is 544 g/mol. The molecule has 1 amide bonds. The molecule has 9 nitrogen and oxygen atoms in total. The van der Waals surface area contributed by atoms with Gasteiger partial charge in [0.1, 0.15) is 22.9 Å². The zero-order valence-electron chi connectivity index (χ0n) is 22.4. The Labute approximate surface area is 224 Å². The molecule has 1 unspecified atom stereocenters. The van der Waals surface area contributed by atoms with Crippen molar-refractivity contribution in [1.29, 1.82) is 0 Å². The number of nitrogens with one attached hydrogen (secondary N) is 4. The normalized spacial score (nSPS) is 13.1. The molecule has 0 aliphatic heterocycles. The third-order valence-electron chi connectivity index (χ3n) is 5.75. The molecule has 1 aliphatic carbocycles. The summed E-state index contributed by atoms with van der Waals surface area (Å²) in [5.41, 5.74) is 1.37. The molecule has 1 aromatic heterocycles. The van der Waals surface area contributed by atoms with E-state index in [1.807, 2.05) is 13.8 Å². The van der Waals surface area contributed by atoms with Crippen LogP contribution in [0.25, 0.3) is 0 Å². The smallest absolute Gasteiger partial charge is 0.259 e. The first-order valence-electron chi connectivity index (χ1n) is 12.4. The Morgan fingerprint density at radius 3 is 2.34 bits per heavy atom. The number of aryl methyl sites for hydroxylation is 1. The van der Waals surface area contributed by atoms with Crippen LogP contribution in [-0.2, 0) is 18.2 Å². The van der Waals surface area contributed by atoms with Gasteiger partial charge in [0, 0.05) is 18.8 Å². The van der Waals surface area contributed by atoms with Crippen LogP contribution < -0.4 is 30.4 Å². The Morgan fingerprint density at radius 2 is 1.76 bits per heavy atom. The molecule has 1 fully saturated rings. The molecule has 1 aliphatic rings. The highest BCUT2D eigenvalue weighted by Gasteiger charge is 2.30. The maximum atomic E-state index is 14.7. The molecule has 3 aromatic rings. The van der Waals surface area contributed by atoms with Crippen LogP contribution in [0.15, 0.2) is 47.3 Å². The van der Waals surface area contributed by atoms with Crippen molar-refractivity contribution < 1.29 is 18.1 Å². The lowest BCUT2D eigenvalue weighted by Gasteiger charge is -2.21. The number of carbonyl (C=O) groups is 1. The Kier molecular flexibility index (Phi) is 9.65. The quantitative estimate of drug-likeness (QED) is 0.310. The second kappa shape index (κ2) is 12.7. The van der Waals surface area contributed by atoms with Crippen molar-refractivity contribution in [2.75, 3.05) is 17.1 Å². The number of pyridine rings is 1. The van der Waals surface area contributed by atoms with Crippen LogP contribution in [0.3, 0.4) is 0 Å². The molecule has 0 saturated heterocycles. The molecule has 0 bridgehead atoms. The van der Waals surface area contributed by atoms with Gasteiger partial charge in [0.2, 0.25) is 0 Å². The van der Waals surface area contributed by atoms with Gasteiger partial charge in [-0.05, 0) is 75.7 Å². The Hall–Kier alpha value is -3.70. The van der Waals surface area contributed by atoms with Gasteiger partial charge in [-0.25, -0.2) is 13.3 Å². The number of halogens is 1. The van der Waals surface area contributed by atoms with E-state index in [0.29, 0.717) is 11.4 Å². The van der Waals surface area contributed by atoms with Crippen LogP contribution in [0, 0.1) is 19.7 Å². The summed E-state index contributed by atoms with van der Waals surface area (Å²) in [6.45, 7) is 7.35. The lowest BCUT2D eigenvalue weighted by Crippen LogP contribution is -2.31. The summed E-state index contributed by atoms with van der Waals surface area (Å²) in [5, 5.41) is 5.88. The van der Waals surface area contributed by atoms with Crippen LogP contribution in [-0.4, -0.2) is 27.8 Å². The van der Waals surface area contributed by atoms with Crippen molar-refractivity contribution in [2.24, 2.45) is 7.05 Å². The minimum absolute atomic E-state index is 0.0465. The number of ether oxygens (including phenoxy) is 1. The number of benzene rings is 2. The minimum Gasteiger partial charge on any atom is -0.456 e. The van der Waals surface area contributed by atoms with Gasteiger partial charge in [-0.1, -0.05) is 19.9 Å². The molecule has 2 aromatic carbocycles. The predicted molar refractivity (Wildman–Crippen MR) is 150 cm³/mol. The highest BCUT2D eigenvalue weighted by atomic mass is 32.2. The molecule has 4 N–H and O–H groups in total. The topological polar surface area (TPSA) is 113 Å². The first-order valence-corrected chi connectivity index (χ1v) is 13.5. The van der Waals surface area contributed by atoms with Gasteiger partial charge in [0.15, 0.2) is 16.9 Å². The monoisotopic (exact) mass is 543 g/mol. The Morgan fingerprint density at radius 1 is 1.11 bits per heavy atom. The van der Waals surface area contributed by atoms with Gasteiger partial charge in [0.05, 0.1) is 11.3 Å². The number of nitrogens with zero attached hydrogens (tertiary/aromatic N) is 1. The number of carbonyl (C=O) groups excluding carboxylic acids is 1.